The number of hydrogen-bond acceptors (Lipinski definition) is 8. The summed E-state index contributed by atoms with van der Waals surface area (Å²) in [6, 6.07) is 5.97. The molecular formula is C20H21FN2O8S. The van der Waals surface area contributed by atoms with Crippen LogP contribution in [0, 0.1) is 21.8 Å². The molecule has 0 bridgehead atoms. The molecule has 2 aromatic rings. The van der Waals surface area contributed by atoms with Crippen LogP contribution in [0.25, 0.3) is 0 Å². The van der Waals surface area contributed by atoms with Crippen molar-refractivity contribution in [3.8, 4) is 5.75 Å². The van der Waals surface area contributed by atoms with E-state index < -0.39 is 50.2 Å². The van der Waals surface area contributed by atoms with Crippen molar-refractivity contribution in [1.82, 2.24) is 4.72 Å². The highest BCUT2D eigenvalue weighted by atomic mass is 32.2. The maximum Gasteiger partial charge on any atom is 0.324 e. The van der Waals surface area contributed by atoms with Gasteiger partial charge in [0, 0.05) is 23.3 Å². The van der Waals surface area contributed by atoms with Crippen LogP contribution in [0.3, 0.4) is 0 Å². The summed E-state index contributed by atoms with van der Waals surface area (Å²) in [6.45, 7) is 2.81. The Morgan fingerprint density at radius 1 is 1.31 bits per heavy atom. The summed E-state index contributed by atoms with van der Waals surface area (Å²) < 4.78 is 57.1. The van der Waals surface area contributed by atoms with Gasteiger partial charge >= 0.3 is 5.97 Å². The topological polar surface area (TPSA) is 134 Å². The van der Waals surface area contributed by atoms with Crippen molar-refractivity contribution in [2.75, 3.05) is 6.79 Å². The number of halogens is 1. The molecule has 1 N–H and O–H groups in total. The number of nitro benzene ring substituents is 1. The lowest BCUT2D eigenvalue weighted by Gasteiger charge is -2.23. The Labute approximate surface area is 183 Å². The summed E-state index contributed by atoms with van der Waals surface area (Å²) in [6.07, 6.45) is 0. The third-order valence-corrected chi connectivity index (χ3v) is 6.16. The molecule has 10 nitrogen and oxygen atoms in total. The second-order valence-corrected chi connectivity index (χ2v) is 9.02. The minimum absolute atomic E-state index is 0.0667. The van der Waals surface area contributed by atoms with Gasteiger partial charge in [0.15, 0.2) is 6.79 Å². The lowest BCUT2D eigenvalue weighted by molar-refractivity contribution is -0.385. The molecule has 1 unspecified atom stereocenters. The van der Waals surface area contributed by atoms with E-state index in [0.29, 0.717) is 11.3 Å². The van der Waals surface area contributed by atoms with Gasteiger partial charge in [0.05, 0.1) is 11.5 Å². The number of nitro groups is 1. The highest BCUT2D eigenvalue weighted by Crippen LogP contribution is 2.33. The summed E-state index contributed by atoms with van der Waals surface area (Å²) >= 11 is 0. The number of sulfonamides is 1. The number of nitrogens with one attached hydrogen (secondary N) is 1. The largest absolute Gasteiger partial charge is 0.467 e. The van der Waals surface area contributed by atoms with E-state index >= 15 is 0 Å². The van der Waals surface area contributed by atoms with Crippen molar-refractivity contribution in [3.63, 3.8) is 0 Å². The number of fused-ring (bicyclic) bond motifs is 1. The number of rotatable bonds is 8. The molecule has 0 saturated heterocycles. The molecule has 0 saturated carbocycles. The highest BCUT2D eigenvalue weighted by molar-refractivity contribution is 7.89. The summed E-state index contributed by atoms with van der Waals surface area (Å²) in [5.74, 6) is -2.11. The number of esters is 1. The van der Waals surface area contributed by atoms with Gasteiger partial charge in [0.25, 0.3) is 5.69 Å². The van der Waals surface area contributed by atoms with Gasteiger partial charge in [0.1, 0.15) is 29.1 Å². The molecule has 172 valence electrons. The van der Waals surface area contributed by atoms with E-state index in [0.717, 1.165) is 12.1 Å². The first-order chi connectivity index (χ1) is 15.1. The highest BCUT2D eigenvalue weighted by Gasteiger charge is 2.31. The normalized spacial score (nSPS) is 14.4. The van der Waals surface area contributed by atoms with Crippen LogP contribution in [0.2, 0.25) is 0 Å². The van der Waals surface area contributed by atoms with Gasteiger partial charge in [0.2, 0.25) is 10.0 Å². The second-order valence-electron chi connectivity index (χ2n) is 7.34. The van der Waals surface area contributed by atoms with Crippen LogP contribution in [-0.2, 0) is 37.5 Å². The van der Waals surface area contributed by atoms with Crippen molar-refractivity contribution in [2.45, 2.75) is 38.0 Å². The fourth-order valence-electron chi connectivity index (χ4n) is 3.08. The Morgan fingerprint density at radius 2 is 2.03 bits per heavy atom. The monoisotopic (exact) mass is 468 g/mol. The average Bonchev–Trinajstić information content (AvgIpc) is 2.75. The molecule has 0 fully saturated rings. The standard InChI is InChI=1S/C20H21FN2O8S/c1-12(2)18(22-32(27,28)17-6-4-3-5-16(17)21)20(24)30-10-14-8-15(23(25)26)7-13-9-29-11-31-19(13)14/h3-8,12,18,22H,9-11H2,1-2H3. The summed E-state index contributed by atoms with van der Waals surface area (Å²) in [5, 5.41) is 11.2. The lowest BCUT2D eigenvalue weighted by Crippen LogP contribution is -2.45. The fraction of sp³-hybridized carbons (Fsp3) is 0.350. The zero-order valence-electron chi connectivity index (χ0n) is 17.2. The smallest absolute Gasteiger partial charge is 0.324 e. The second kappa shape index (κ2) is 9.59. The van der Waals surface area contributed by atoms with E-state index in [4.69, 9.17) is 14.2 Å². The first-order valence-corrected chi connectivity index (χ1v) is 11.0. The lowest BCUT2D eigenvalue weighted by atomic mass is 10.1. The van der Waals surface area contributed by atoms with Gasteiger partial charge < -0.3 is 14.2 Å². The summed E-state index contributed by atoms with van der Waals surface area (Å²) in [7, 11) is -4.35. The predicted octanol–water partition coefficient (Wildman–Crippen LogP) is 2.65. The van der Waals surface area contributed by atoms with Crippen LogP contribution in [0.4, 0.5) is 10.1 Å². The van der Waals surface area contributed by atoms with E-state index in [-0.39, 0.29) is 24.7 Å². The molecule has 3 rings (SSSR count). The quantitative estimate of drug-likeness (QED) is 0.355. The molecule has 12 heteroatoms. The number of benzene rings is 2. The fourth-order valence-corrected chi connectivity index (χ4v) is 4.49. The third-order valence-electron chi connectivity index (χ3n) is 4.68. The number of hydrogen-bond donors (Lipinski definition) is 1. The van der Waals surface area contributed by atoms with Gasteiger partial charge in [-0.25, -0.2) is 12.8 Å². The van der Waals surface area contributed by atoms with Crippen molar-refractivity contribution < 1.29 is 36.7 Å². The SMILES string of the molecule is CC(C)C(NS(=O)(=O)c1ccccc1F)C(=O)OCc1cc([N+](=O)[O-])cc2c1OCOC2. The van der Waals surface area contributed by atoms with E-state index in [9.17, 15) is 27.7 Å². The Morgan fingerprint density at radius 3 is 2.69 bits per heavy atom. The van der Waals surface area contributed by atoms with Crippen molar-refractivity contribution in [2.24, 2.45) is 5.92 Å². The molecule has 0 aliphatic carbocycles. The van der Waals surface area contributed by atoms with E-state index in [1.807, 2.05) is 0 Å². The van der Waals surface area contributed by atoms with Crippen LogP contribution in [0.5, 0.6) is 5.75 Å². The van der Waals surface area contributed by atoms with Crippen LogP contribution in [0.1, 0.15) is 25.0 Å². The molecule has 1 aliphatic heterocycles. The van der Waals surface area contributed by atoms with Crippen molar-refractivity contribution in [1.29, 1.82) is 0 Å². The number of carbonyl (C=O) groups excluding carboxylic acids is 1. The molecule has 1 heterocycles. The summed E-state index contributed by atoms with van der Waals surface area (Å²) in [5.41, 5.74) is 0.437. The van der Waals surface area contributed by atoms with Crippen LogP contribution in [0.15, 0.2) is 41.3 Å². The molecule has 0 radical (unpaired) electrons. The first kappa shape index (κ1) is 23.6. The Kier molecular flexibility index (Phi) is 7.06. The molecular weight excluding hydrogens is 447 g/mol. The first-order valence-electron chi connectivity index (χ1n) is 9.54. The predicted molar refractivity (Wildman–Crippen MR) is 109 cm³/mol. The van der Waals surface area contributed by atoms with E-state index in [1.54, 1.807) is 13.8 Å². The van der Waals surface area contributed by atoms with Gasteiger partial charge in [-0.15, -0.1) is 0 Å². The molecule has 0 aromatic heterocycles. The minimum Gasteiger partial charge on any atom is -0.467 e. The number of non-ortho nitro benzene ring substituents is 1. The zero-order chi connectivity index (χ0) is 23.5. The maximum atomic E-state index is 14.0. The molecule has 0 amide bonds. The molecule has 2 aromatic carbocycles. The maximum absolute atomic E-state index is 14.0. The van der Waals surface area contributed by atoms with Gasteiger partial charge in [-0.3, -0.25) is 14.9 Å². The van der Waals surface area contributed by atoms with Gasteiger partial charge in [-0.05, 0) is 18.1 Å². The van der Waals surface area contributed by atoms with Gasteiger partial charge in [-0.2, -0.15) is 4.72 Å². The number of carbonyl (C=O) groups is 1. The Bertz CT molecular complexity index is 1140. The van der Waals surface area contributed by atoms with Crippen molar-refractivity contribution >= 4 is 21.7 Å². The Balaban J connectivity index is 1.80. The molecule has 1 atom stereocenters. The van der Waals surface area contributed by atoms with Crippen LogP contribution < -0.4 is 9.46 Å². The zero-order valence-corrected chi connectivity index (χ0v) is 18.1. The molecule has 1 aliphatic rings. The van der Waals surface area contributed by atoms with Gasteiger partial charge in [-0.1, -0.05) is 26.0 Å². The van der Waals surface area contributed by atoms with Crippen LogP contribution in [-0.4, -0.2) is 32.1 Å². The molecule has 0 spiro atoms. The van der Waals surface area contributed by atoms with Crippen molar-refractivity contribution in [3.05, 3.63) is 63.5 Å². The average molecular weight is 468 g/mol. The number of ether oxygens (including phenoxy) is 3. The Hall–Kier alpha value is -3.09. The minimum atomic E-state index is -4.35. The summed E-state index contributed by atoms with van der Waals surface area (Å²) in [4.78, 5) is 22.7. The number of nitrogens with zero attached hydrogens (tertiary/aromatic N) is 1. The van der Waals surface area contributed by atoms with E-state index in [2.05, 4.69) is 4.72 Å². The molecule has 32 heavy (non-hydrogen) atoms. The third kappa shape index (κ3) is 5.21. The van der Waals surface area contributed by atoms with Crippen LogP contribution >= 0.6 is 0 Å². The van der Waals surface area contributed by atoms with E-state index in [1.165, 1.54) is 24.3 Å².